The van der Waals surface area contributed by atoms with Gasteiger partial charge in [0.05, 0.1) is 13.2 Å². The van der Waals surface area contributed by atoms with Gasteiger partial charge in [0.15, 0.2) is 0 Å². The van der Waals surface area contributed by atoms with Crippen LogP contribution < -0.4 is 0 Å². The molecule has 2 nitrogen and oxygen atoms in total. The summed E-state index contributed by atoms with van der Waals surface area (Å²) >= 11 is 0. The molecule has 0 radical (unpaired) electrons. The summed E-state index contributed by atoms with van der Waals surface area (Å²) in [6, 6.07) is 7.52. The van der Waals surface area contributed by atoms with Crippen LogP contribution in [0.5, 0.6) is 0 Å². The maximum Gasteiger partial charge on any atom is 0.150 e. The van der Waals surface area contributed by atoms with Gasteiger partial charge in [-0.15, -0.1) is 0 Å². The predicted octanol–water partition coefficient (Wildman–Crippen LogP) is 1.91. The largest absolute Gasteiger partial charge is 0.373 e. The molecule has 1 aromatic carbocycles. The summed E-state index contributed by atoms with van der Waals surface area (Å²) in [7, 11) is 0. The molecule has 1 aromatic rings. The summed E-state index contributed by atoms with van der Waals surface area (Å²) in [4.78, 5) is 10.4. The van der Waals surface area contributed by atoms with E-state index in [1.807, 2.05) is 24.3 Å². The minimum absolute atomic E-state index is 0.715. The Kier molecular flexibility index (Phi) is 2.23. The van der Waals surface area contributed by atoms with Crippen LogP contribution in [0.3, 0.4) is 0 Å². The van der Waals surface area contributed by atoms with Gasteiger partial charge in [0.25, 0.3) is 0 Å². The zero-order valence-electron chi connectivity index (χ0n) is 7.19. The predicted molar refractivity (Wildman–Crippen MR) is 50.6 cm³/mol. The molecule has 0 atom stereocenters. The third kappa shape index (κ3) is 1.84. The lowest BCUT2D eigenvalue weighted by Gasteiger charge is -2.17. The van der Waals surface area contributed by atoms with Crippen molar-refractivity contribution in [1.82, 2.24) is 0 Å². The van der Waals surface area contributed by atoms with Crippen LogP contribution in [0.1, 0.15) is 15.9 Å². The number of hydrogen-bond donors (Lipinski definition) is 0. The van der Waals surface area contributed by atoms with Crippen molar-refractivity contribution in [2.75, 3.05) is 13.2 Å². The van der Waals surface area contributed by atoms with Crippen molar-refractivity contribution in [3.63, 3.8) is 0 Å². The van der Waals surface area contributed by atoms with Gasteiger partial charge in [0, 0.05) is 5.56 Å². The second-order valence-electron chi connectivity index (χ2n) is 3.08. The lowest BCUT2D eigenvalue weighted by molar-refractivity contribution is 0.105. The molecule has 13 heavy (non-hydrogen) atoms. The number of aldehydes is 1. The topological polar surface area (TPSA) is 26.3 Å². The van der Waals surface area contributed by atoms with Gasteiger partial charge < -0.3 is 4.74 Å². The molecule has 0 bridgehead atoms. The van der Waals surface area contributed by atoms with Gasteiger partial charge in [0.1, 0.15) is 6.29 Å². The van der Waals surface area contributed by atoms with E-state index < -0.39 is 0 Å². The van der Waals surface area contributed by atoms with E-state index >= 15 is 0 Å². The second kappa shape index (κ2) is 3.54. The monoisotopic (exact) mass is 174 g/mol. The van der Waals surface area contributed by atoms with Crippen LogP contribution in [0.25, 0.3) is 6.08 Å². The number of rotatable bonds is 2. The maximum absolute atomic E-state index is 10.4. The first-order chi connectivity index (χ1) is 6.38. The van der Waals surface area contributed by atoms with Crippen LogP contribution in [-0.4, -0.2) is 19.5 Å². The summed E-state index contributed by atoms with van der Waals surface area (Å²) < 4.78 is 5.03. The van der Waals surface area contributed by atoms with Gasteiger partial charge >= 0.3 is 0 Å². The lowest BCUT2D eigenvalue weighted by atomic mass is 10.1. The van der Waals surface area contributed by atoms with Gasteiger partial charge in [0.2, 0.25) is 0 Å². The highest BCUT2D eigenvalue weighted by Gasteiger charge is 2.07. The highest BCUT2D eigenvalue weighted by molar-refractivity contribution is 5.75. The Bertz CT molecular complexity index is 330. The van der Waals surface area contributed by atoms with Gasteiger partial charge in [-0.2, -0.15) is 0 Å². The van der Waals surface area contributed by atoms with Crippen molar-refractivity contribution < 1.29 is 9.53 Å². The maximum atomic E-state index is 10.4. The molecule has 0 amide bonds. The van der Waals surface area contributed by atoms with Crippen LogP contribution >= 0.6 is 0 Å². The van der Waals surface area contributed by atoms with E-state index in [-0.39, 0.29) is 0 Å². The van der Waals surface area contributed by atoms with Crippen molar-refractivity contribution in [2.24, 2.45) is 0 Å². The molecule has 1 fully saturated rings. The molecule has 1 saturated heterocycles. The van der Waals surface area contributed by atoms with Crippen molar-refractivity contribution in [2.45, 2.75) is 0 Å². The van der Waals surface area contributed by atoms with Crippen LogP contribution in [0.4, 0.5) is 0 Å². The standard InChI is InChI=1S/C11H10O2/c12-6-10-3-1-9(2-4-10)5-11-7-13-8-11/h1-6H,7-8H2. The summed E-state index contributed by atoms with van der Waals surface area (Å²) in [5, 5.41) is 0. The highest BCUT2D eigenvalue weighted by Crippen LogP contribution is 2.14. The molecule has 66 valence electrons. The first kappa shape index (κ1) is 8.20. The van der Waals surface area contributed by atoms with E-state index in [9.17, 15) is 4.79 Å². The lowest BCUT2D eigenvalue weighted by Crippen LogP contribution is -2.15. The fraction of sp³-hybridized carbons (Fsp3) is 0.182. The van der Waals surface area contributed by atoms with E-state index in [0.717, 1.165) is 25.1 Å². The van der Waals surface area contributed by atoms with Crippen LogP contribution in [0.2, 0.25) is 0 Å². The molecule has 1 aliphatic rings. The third-order valence-corrected chi connectivity index (χ3v) is 2.02. The fourth-order valence-electron chi connectivity index (χ4n) is 1.21. The number of carbonyl (C=O) groups is 1. The zero-order valence-corrected chi connectivity index (χ0v) is 7.19. The Labute approximate surface area is 76.8 Å². The average molecular weight is 174 g/mol. The summed E-state index contributed by atoms with van der Waals surface area (Å²) in [6.45, 7) is 1.49. The van der Waals surface area contributed by atoms with Crippen LogP contribution in [0, 0.1) is 0 Å². The van der Waals surface area contributed by atoms with Crippen molar-refractivity contribution in [3.05, 3.63) is 41.0 Å². The van der Waals surface area contributed by atoms with E-state index in [1.165, 1.54) is 5.57 Å². The Morgan fingerprint density at radius 1 is 1.08 bits per heavy atom. The van der Waals surface area contributed by atoms with E-state index in [2.05, 4.69) is 6.08 Å². The van der Waals surface area contributed by atoms with Crippen LogP contribution in [0.15, 0.2) is 29.8 Å². The van der Waals surface area contributed by atoms with Gasteiger partial charge in [-0.25, -0.2) is 0 Å². The first-order valence-corrected chi connectivity index (χ1v) is 4.21. The molecule has 0 saturated carbocycles. The third-order valence-electron chi connectivity index (χ3n) is 2.02. The van der Waals surface area contributed by atoms with E-state index in [1.54, 1.807) is 0 Å². The molecule has 0 spiro atoms. The molecule has 2 heteroatoms. The number of benzene rings is 1. The number of carbonyl (C=O) groups excluding carboxylic acids is 1. The summed E-state index contributed by atoms with van der Waals surface area (Å²) in [5.74, 6) is 0. The van der Waals surface area contributed by atoms with E-state index in [4.69, 9.17) is 4.74 Å². The number of ether oxygens (including phenoxy) is 1. The second-order valence-corrected chi connectivity index (χ2v) is 3.08. The van der Waals surface area contributed by atoms with Gasteiger partial charge in [-0.1, -0.05) is 30.3 Å². The summed E-state index contributed by atoms with van der Waals surface area (Å²) in [6.07, 6.45) is 2.95. The first-order valence-electron chi connectivity index (χ1n) is 4.21. The van der Waals surface area contributed by atoms with E-state index in [0.29, 0.717) is 5.56 Å². The fourth-order valence-corrected chi connectivity index (χ4v) is 1.21. The molecule has 0 N–H and O–H groups in total. The normalized spacial score (nSPS) is 14.9. The minimum Gasteiger partial charge on any atom is -0.373 e. The Morgan fingerprint density at radius 2 is 1.69 bits per heavy atom. The Balaban J connectivity index is 2.17. The van der Waals surface area contributed by atoms with Crippen LogP contribution in [-0.2, 0) is 4.74 Å². The molecule has 0 aromatic heterocycles. The smallest absolute Gasteiger partial charge is 0.150 e. The Morgan fingerprint density at radius 3 is 2.15 bits per heavy atom. The number of hydrogen-bond acceptors (Lipinski definition) is 2. The quantitative estimate of drug-likeness (QED) is 0.640. The van der Waals surface area contributed by atoms with Crippen molar-refractivity contribution in [3.8, 4) is 0 Å². The molecule has 1 aliphatic heterocycles. The average Bonchev–Trinajstić information content (AvgIpc) is 2.12. The Hall–Kier alpha value is -1.41. The molecule has 1 heterocycles. The van der Waals surface area contributed by atoms with Crippen molar-refractivity contribution >= 4 is 12.4 Å². The summed E-state index contributed by atoms with van der Waals surface area (Å²) in [5.41, 5.74) is 3.15. The molecule has 2 rings (SSSR count). The molecule has 0 unspecified atom stereocenters. The highest BCUT2D eigenvalue weighted by atomic mass is 16.5. The molecular weight excluding hydrogens is 164 g/mol. The molecular formula is C11H10O2. The van der Waals surface area contributed by atoms with Gasteiger partial charge in [-0.3, -0.25) is 4.79 Å². The zero-order chi connectivity index (χ0) is 9.10. The van der Waals surface area contributed by atoms with Crippen molar-refractivity contribution in [1.29, 1.82) is 0 Å². The van der Waals surface area contributed by atoms with Gasteiger partial charge in [-0.05, 0) is 11.1 Å². The minimum atomic E-state index is 0.715. The molecule has 0 aliphatic carbocycles. The SMILES string of the molecule is O=Cc1ccc(C=C2COC2)cc1.